The van der Waals surface area contributed by atoms with E-state index in [-0.39, 0.29) is 36.5 Å². The summed E-state index contributed by atoms with van der Waals surface area (Å²) in [6, 6.07) is -0.877. The zero-order valence-corrected chi connectivity index (χ0v) is 15.7. The Morgan fingerprint density at radius 3 is 1.19 bits per heavy atom. The molecule has 3 rings (SSSR count). The highest BCUT2D eigenvalue weighted by molar-refractivity contribution is 6.05. The Morgan fingerprint density at radius 2 is 0.962 bits per heavy atom. The van der Waals surface area contributed by atoms with Crippen molar-refractivity contribution >= 4 is 23.6 Å². The van der Waals surface area contributed by atoms with Gasteiger partial charge in [0.25, 0.3) is 11.8 Å². The number of carbonyl (C=O) groups excluding carboxylic acids is 4. The van der Waals surface area contributed by atoms with Gasteiger partial charge in [0, 0.05) is 54.4 Å². The maximum atomic E-state index is 12.5. The third-order valence-electron chi connectivity index (χ3n) is 5.23. The lowest BCUT2D eigenvalue weighted by Crippen LogP contribution is -2.56. The Morgan fingerprint density at radius 1 is 0.654 bits per heavy atom. The molecule has 0 aliphatic carbocycles. The lowest BCUT2D eigenvalue weighted by atomic mass is 10.1. The van der Waals surface area contributed by atoms with E-state index in [2.05, 4.69) is 0 Å². The SMILES string of the molecule is CN(C)N1C(=O)C[C@@H](N2CCN([C@@H]3CC(=O)N(N(C)C)C3=O)CC2)C1=O. The van der Waals surface area contributed by atoms with Gasteiger partial charge in [0.2, 0.25) is 11.8 Å². The normalized spacial score (nSPS) is 29.2. The van der Waals surface area contributed by atoms with Crippen molar-refractivity contribution in [3.05, 3.63) is 0 Å². The third kappa shape index (κ3) is 3.13. The highest BCUT2D eigenvalue weighted by Crippen LogP contribution is 2.24. The van der Waals surface area contributed by atoms with Crippen LogP contribution in [0.4, 0.5) is 0 Å². The van der Waals surface area contributed by atoms with Gasteiger partial charge >= 0.3 is 0 Å². The monoisotopic (exact) mass is 366 g/mol. The van der Waals surface area contributed by atoms with Gasteiger partial charge in [0.05, 0.1) is 12.8 Å². The average molecular weight is 366 g/mol. The Balaban J connectivity index is 1.60. The van der Waals surface area contributed by atoms with Gasteiger partial charge in [0.15, 0.2) is 0 Å². The molecule has 0 aromatic heterocycles. The fourth-order valence-corrected chi connectivity index (χ4v) is 3.98. The van der Waals surface area contributed by atoms with Gasteiger partial charge in [-0.05, 0) is 0 Å². The maximum Gasteiger partial charge on any atom is 0.261 e. The van der Waals surface area contributed by atoms with Crippen molar-refractivity contribution < 1.29 is 19.2 Å². The Labute approximate surface area is 152 Å². The summed E-state index contributed by atoms with van der Waals surface area (Å²) in [6.45, 7) is 2.35. The number of amides is 4. The minimum Gasteiger partial charge on any atom is -0.289 e. The van der Waals surface area contributed by atoms with E-state index in [1.54, 1.807) is 28.2 Å². The molecule has 0 N–H and O–H groups in total. The van der Waals surface area contributed by atoms with Gasteiger partial charge in [-0.3, -0.25) is 29.0 Å². The van der Waals surface area contributed by atoms with Crippen molar-refractivity contribution in [2.45, 2.75) is 24.9 Å². The number of carbonyl (C=O) groups is 4. The molecular weight excluding hydrogens is 340 g/mol. The Hall–Kier alpha value is -1.88. The summed E-state index contributed by atoms with van der Waals surface area (Å²) in [6.07, 6.45) is 0.374. The van der Waals surface area contributed by atoms with E-state index in [0.29, 0.717) is 26.2 Å². The molecule has 0 bridgehead atoms. The molecule has 0 spiro atoms. The molecule has 2 atom stereocenters. The number of imide groups is 2. The standard InChI is InChI=1S/C16H26N6O4/c1-17(2)21-13(23)9-11(15(21)25)19-5-7-20(8-6-19)12-10-14(24)22(16(12)26)18(3)4/h11-12H,5-10H2,1-4H3/t11-,12-/m1/s1. The Bertz CT molecular complexity index is 574. The van der Waals surface area contributed by atoms with Crippen molar-refractivity contribution in [3.8, 4) is 0 Å². The van der Waals surface area contributed by atoms with E-state index >= 15 is 0 Å². The summed E-state index contributed by atoms with van der Waals surface area (Å²) < 4.78 is 0. The molecule has 0 saturated carbocycles. The van der Waals surface area contributed by atoms with Crippen LogP contribution >= 0.6 is 0 Å². The predicted molar refractivity (Wildman–Crippen MR) is 91.0 cm³/mol. The highest BCUT2D eigenvalue weighted by Gasteiger charge is 2.47. The zero-order chi connectivity index (χ0) is 19.2. The van der Waals surface area contributed by atoms with Crippen LogP contribution in [0.3, 0.4) is 0 Å². The van der Waals surface area contributed by atoms with Crippen LogP contribution < -0.4 is 0 Å². The van der Waals surface area contributed by atoms with Crippen LogP contribution in [0.2, 0.25) is 0 Å². The third-order valence-corrected chi connectivity index (χ3v) is 5.23. The van der Waals surface area contributed by atoms with Crippen molar-refractivity contribution in [1.29, 1.82) is 0 Å². The molecule has 3 aliphatic heterocycles. The summed E-state index contributed by atoms with van der Waals surface area (Å²) in [5.41, 5.74) is 0. The van der Waals surface area contributed by atoms with E-state index in [1.165, 1.54) is 20.0 Å². The Kier molecular flexibility index (Phi) is 5.11. The molecule has 0 radical (unpaired) electrons. The van der Waals surface area contributed by atoms with Crippen molar-refractivity contribution in [3.63, 3.8) is 0 Å². The second kappa shape index (κ2) is 7.03. The fraction of sp³-hybridized carbons (Fsp3) is 0.750. The summed E-state index contributed by atoms with van der Waals surface area (Å²) in [5, 5.41) is 5.40. The van der Waals surface area contributed by atoms with E-state index in [9.17, 15) is 19.2 Å². The molecule has 3 fully saturated rings. The van der Waals surface area contributed by atoms with Gasteiger partial charge < -0.3 is 0 Å². The largest absolute Gasteiger partial charge is 0.289 e. The van der Waals surface area contributed by atoms with E-state index in [0.717, 1.165) is 0 Å². The predicted octanol–water partition coefficient (Wildman–Crippen LogP) is -2.19. The van der Waals surface area contributed by atoms with Crippen LogP contribution in [0.15, 0.2) is 0 Å². The molecule has 3 heterocycles. The van der Waals surface area contributed by atoms with Gasteiger partial charge in [-0.15, -0.1) is 0 Å². The smallest absolute Gasteiger partial charge is 0.261 e. The quantitative estimate of drug-likeness (QED) is 0.519. The van der Waals surface area contributed by atoms with Crippen LogP contribution in [0.1, 0.15) is 12.8 Å². The van der Waals surface area contributed by atoms with Gasteiger partial charge in [0.1, 0.15) is 12.1 Å². The molecule has 3 saturated heterocycles. The molecular formula is C16H26N6O4. The zero-order valence-electron chi connectivity index (χ0n) is 15.7. The molecule has 10 nitrogen and oxygen atoms in total. The van der Waals surface area contributed by atoms with Crippen LogP contribution in [0, 0.1) is 0 Å². The lowest BCUT2D eigenvalue weighted by Gasteiger charge is -2.39. The molecule has 0 aromatic carbocycles. The minimum atomic E-state index is -0.439. The topological polar surface area (TPSA) is 87.7 Å². The van der Waals surface area contributed by atoms with Gasteiger partial charge in [-0.25, -0.2) is 20.0 Å². The first-order valence-corrected chi connectivity index (χ1v) is 8.78. The fourth-order valence-electron chi connectivity index (χ4n) is 3.98. The number of piperazine rings is 1. The van der Waals surface area contributed by atoms with Crippen LogP contribution in [-0.4, -0.2) is 120 Å². The second-order valence-corrected chi connectivity index (χ2v) is 7.29. The number of hydrogen-bond acceptors (Lipinski definition) is 8. The first-order chi connectivity index (χ1) is 12.2. The summed E-state index contributed by atoms with van der Waals surface area (Å²) in [5.74, 6) is -0.769. The van der Waals surface area contributed by atoms with Crippen LogP contribution in [0.5, 0.6) is 0 Å². The van der Waals surface area contributed by atoms with Gasteiger partial charge in [-0.1, -0.05) is 0 Å². The maximum absolute atomic E-state index is 12.5. The van der Waals surface area contributed by atoms with Crippen molar-refractivity contribution in [2.24, 2.45) is 0 Å². The number of hydrogen-bond donors (Lipinski definition) is 0. The first-order valence-electron chi connectivity index (χ1n) is 8.78. The van der Waals surface area contributed by atoms with Crippen molar-refractivity contribution in [1.82, 2.24) is 29.8 Å². The summed E-state index contributed by atoms with van der Waals surface area (Å²) >= 11 is 0. The average Bonchev–Trinajstić information content (AvgIpc) is 3.03. The number of nitrogens with zero attached hydrogens (tertiary/aromatic N) is 6. The molecule has 3 aliphatic rings. The summed E-state index contributed by atoms with van der Waals surface area (Å²) in [4.78, 5) is 53.2. The molecule has 4 amide bonds. The van der Waals surface area contributed by atoms with E-state index in [4.69, 9.17) is 0 Å². The first kappa shape index (κ1) is 18.9. The number of rotatable bonds is 4. The highest BCUT2D eigenvalue weighted by atomic mass is 16.2. The van der Waals surface area contributed by atoms with Gasteiger partial charge in [-0.2, -0.15) is 0 Å². The molecule has 144 valence electrons. The lowest BCUT2D eigenvalue weighted by molar-refractivity contribution is -0.156. The van der Waals surface area contributed by atoms with E-state index in [1.807, 2.05) is 9.80 Å². The minimum absolute atomic E-state index is 0.187. The molecule has 26 heavy (non-hydrogen) atoms. The van der Waals surface area contributed by atoms with Crippen molar-refractivity contribution in [2.75, 3.05) is 54.4 Å². The van der Waals surface area contributed by atoms with E-state index < -0.39 is 12.1 Å². The van der Waals surface area contributed by atoms with Crippen LogP contribution in [-0.2, 0) is 19.2 Å². The summed E-state index contributed by atoms with van der Waals surface area (Å²) in [7, 11) is 6.70. The second-order valence-electron chi connectivity index (χ2n) is 7.29. The van der Waals surface area contributed by atoms with Crippen LogP contribution in [0.25, 0.3) is 0 Å². The molecule has 10 heteroatoms. The molecule has 0 aromatic rings. The molecule has 0 unspecified atom stereocenters. The number of hydrazine groups is 2.